The van der Waals surface area contributed by atoms with E-state index in [0.717, 1.165) is 24.8 Å². The van der Waals surface area contributed by atoms with E-state index in [1.807, 2.05) is 6.07 Å². The van der Waals surface area contributed by atoms with Crippen LogP contribution in [0.3, 0.4) is 0 Å². The van der Waals surface area contributed by atoms with E-state index in [0.29, 0.717) is 16.3 Å². The molecule has 0 aromatic heterocycles. The number of carbonyl (C=O) groups is 1. The predicted molar refractivity (Wildman–Crippen MR) is 92.7 cm³/mol. The number of aryl methyl sites for hydroxylation is 2. The lowest BCUT2D eigenvalue weighted by atomic mass is 10.1. The molecule has 0 fully saturated rings. The third-order valence-electron chi connectivity index (χ3n) is 4.65. The molecule has 0 bridgehead atoms. The summed E-state index contributed by atoms with van der Waals surface area (Å²) in [5.74, 6) is -0.172. The Morgan fingerprint density at radius 1 is 0.958 bits per heavy atom. The van der Waals surface area contributed by atoms with Gasteiger partial charge in [0, 0.05) is 13.0 Å². The minimum absolute atomic E-state index is 0.138. The Morgan fingerprint density at radius 3 is 2.62 bits per heavy atom. The summed E-state index contributed by atoms with van der Waals surface area (Å²) in [6.45, 7) is 0.141. The van der Waals surface area contributed by atoms with Crippen LogP contribution in [-0.2, 0) is 27.7 Å². The van der Waals surface area contributed by atoms with Crippen molar-refractivity contribution in [2.75, 3.05) is 16.2 Å². The Kier molecular flexibility index (Phi) is 3.57. The minimum atomic E-state index is -3.70. The van der Waals surface area contributed by atoms with E-state index in [2.05, 4.69) is 5.32 Å². The molecular formula is C18H18N2O3S. The van der Waals surface area contributed by atoms with E-state index >= 15 is 0 Å². The number of anilines is 2. The van der Waals surface area contributed by atoms with Crippen molar-refractivity contribution in [2.24, 2.45) is 0 Å². The molecule has 5 nitrogen and oxygen atoms in total. The van der Waals surface area contributed by atoms with Crippen LogP contribution < -0.4 is 9.62 Å². The van der Waals surface area contributed by atoms with Gasteiger partial charge >= 0.3 is 0 Å². The van der Waals surface area contributed by atoms with E-state index < -0.39 is 10.0 Å². The minimum Gasteiger partial charge on any atom is -0.324 e. The number of hydrogen-bond donors (Lipinski definition) is 1. The summed E-state index contributed by atoms with van der Waals surface area (Å²) in [5, 5.41) is 2.77. The molecule has 1 aliphatic heterocycles. The Labute approximate surface area is 141 Å². The topological polar surface area (TPSA) is 66.5 Å². The molecule has 0 unspecified atom stereocenters. The van der Waals surface area contributed by atoms with Crippen LogP contribution in [-0.4, -0.2) is 20.9 Å². The highest BCUT2D eigenvalue weighted by molar-refractivity contribution is 7.92. The third-order valence-corrected chi connectivity index (χ3v) is 6.46. The van der Waals surface area contributed by atoms with E-state index in [4.69, 9.17) is 0 Å². The van der Waals surface area contributed by atoms with Gasteiger partial charge in [-0.15, -0.1) is 0 Å². The molecule has 0 saturated heterocycles. The summed E-state index contributed by atoms with van der Waals surface area (Å²) in [6, 6.07) is 12.4. The van der Waals surface area contributed by atoms with E-state index in [9.17, 15) is 13.2 Å². The largest absolute Gasteiger partial charge is 0.324 e. The van der Waals surface area contributed by atoms with Gasteiger partial charge in [0.25, 0.3) is 10.0 Å². The Hall–Kier alpha value is -2.34. The lowest BCUT2D eigenvalue weighted by Crippen LogP contribution is -2.32. The van der Waals surface area contributed by atoms with Crippen molar-refractivity contribution >= 4 is 27.3 Å². The smallest absolute Gasteiger partial charge is 0.264 e. The van der Waals surface area contributed by atoms with Crippen molar-refractivity contribution in [3.8, 4) is 0 Å². The van der Waals surface area contributed by atoms with Gasteiger partial charge < -0.3 is 5.32 Å². The lowest BCUT2D eigenvalue weighted by molar-refractivity contribution is -0.115. The summed E-state index contributed by atoms with van der Waals surface area (Å²) in [6.07, 6.45) is 3.15. The number of nitrogens with zero attached hydrogens (tertiary/aromatic N) is 1. The molecule has 0 atom stereocenters. The van der Waals surface area contributed by atoms with Crippen molar-refractivity contribution in [1.82, 2.24) is 0 Å². The van der Waals surface area contributed by atoms with Crippen LogP contribution in [0.5, 0.6) is 0 Å². The second kappa shape index (κ2) is 5.63. The molecule has 1 N–H and O–H groups in total. The van der Waals surface area contributed by atoms with E-state index in [1.54, 1.807) is 36.4 Å². The highest BCUT2D eigenvalue weighted by Gasteiger charge is 2.30. The first-order valence-electron chi connectivity index (χ1n) is 8.09. The van der Waals surface area contributed by atoms with Crippen LogP contribution >= 0.6 is 0 Å². The lowest BCUT2D eigenvalue weighted by Gasteiger charge is -2.24. The van der Waals surface area contributed by atoms with Crippen LogP contribution in [0, 0.1) is 0 Å². The number of benzene rings is 2. The molecule has 24 heavy (non-hydrogen) atoms. The highest BCUT2D eigenvalue weighted by Crippen LogP contribution is 2.34. The molecule has 0 radical (unpaired) electrons. The summed E-state index contributed by atoms with van der Waals surface area (Å²) in [7, 11) is -3.70. The summed E-state index contributed by atoms with van der Waals surface area (Å²) in [4.78, 5) is 12.2. The van der Waals surface area contributed by atoms with Gasteiger partial charge in [0.1, 0.15) is 0 Å². The molecule has 2 aromatic rings. The standard InChI is InChI=1S/C18H18N2O3S/c21-18-10-11-20(17-7-2-1-6-16(17)19-18)24(22,23)15-9-8-13-4-3-5-14(13)12-15/h1-2,6-9,12H,3-5,10-11H2,(H,19,21). The molecule has 124 valence electrons. The zero-order valence-electron chi connectivity index (χ0n) is 13.2. The average Bonchev–Trinajstić information content (AvgIpc) is 2.96. The molecule has 1 aliphatic carbocycles. The molecule has 4 rings (SSSR count). The maximum atomic E-state index is 13.2. The number of hydrogen-bond acceptors (Lipinski definition) is 3. The summed E-state index contributed by atoms with van der Waals surface area (Å²) >= 11 is 0. The zero-order chi connectivity index (χ0) is 16.7. The molecule has 2 aliphatic rings. The third kappa shape index (κ3) is 2.47. The number of nitrogens with one attached hydrogen (secondary N) is 1. The average molecular weight is 342 g/mol. The van der Waals surface area contributed by atoms with Crippen LogP contribution in [0.15, 0.2) is 47.4 Å². The van der Waals surface area contributed by atoms with E-state index in [1.165, 1.54) is 9.87 Å². The zero-order valence-corrected chi connectivity index (χ0v) is 14.0. The van der Waals surface area contributed by atoms with Crippen LogP contribution in [0.2, 0.25) is 0 Å². The van der Waals surface area contributed by atoms with Crippen molar-refractivity contribution in [3.05, 3.63) is 53.6 Å². The van der Waals surface area contributed by atoms with Gasteiger partial charge in [0.2, 0.25) is 5.91 Å². The molecule has 1 amide bonds. The molecule has 0 saturated carbocycles. The van der Waals surface area contributed by atoms with Gasteiger partial charge in [-0.05, 0) is 54.7 Å². The number of amides is 1. The maximum absolute atomic E-state index is 13.2. The maximum Gasteiger partial charge on any atom is 0.264 e. The number of rotatable bonds is 2. The van der Waals surface area contributed by atoms with Gasteiger partial charge in [-0.2, -0.15) is 0 Å². The van der Waals surface area contributed by atoms with Crippen LogP contribution in [0.4, 0.5) is 11.4 Å². The molecule has 0 spiro atoms. The molecular weight excluding hydrogens is 324 g/mol. The van der Waals surface area contributed by atoms with Crippen molar-refractivity contribution in [3.63, 3.8) is 0 Å². The molecule has 1 heterocycles. The van der Waals surface area contributed by atoms with Gasteiger partial charge in [0.15, 0.2) is 0 Å². The molecule has 2 aromatic carbocycles. The Bertz CT molecular complexity index is 922. The van der Waals surface area contributed by atoms with Crippen molar-refractivity contribution in [1.29, 1.82) is 0 Å². The molecule has 6 heteroatoms. The number of fused-ring (bicyclic) bond motifs is 2. The monoisotopic (exact) mass is 342 g/mol. The Balaban J connectivity index is 1.81. The van der Waals surface area contributed by atoms with Crippen molar-refractivity contribution < 1.29 is 13.2 Å². The quantitative estimate of drug-likeness (QED) is 0.912. The second-order valence-electron chi connectivity index (χ2n) is 6.18. The predicted octanol–water partition coefficient (Wildman–Crippen LogP) is 2.71. The van der Waals surface area contributed by atoms with Crippen LogP contribution in [0.1, 0.15) is 24.0 Å². The van der Waals surface area contributed by atoms with Gasteiger partial charge in [-0.25, -0.2) is 8.42 Å². The number of para-hydroxylation sites is 2. The first kappa shape index (κ1) is 15.2. The fourth-order valence-corrected chi connectivity index (χ4v) is 4.95. The number of carbonyl (C=O) groups excluding carboxylic acids is 1. The number of sulfonamides is 1. The fourth-order valence-electron chi connectivity index (χ4n) is 3.42. The van der Waals surface area contributed by atoms with Gasteiger partial charge in [-0.1, -0.05) is 18.2 Å². The van der Waals surface area contributed by atoms with Crippen LogP contribution in [0.25, 0.3) is 0 Å². The first-order chi connectivity index (χ1) is 11.6. The normalized spacial score (nSPS) is 17.0. The van der Waals surface area contributed by atoms with Crippen molar-refractivity contribution in [2.45, 2.75) is 30.6 Å². The van der Waals surface area contributed by atoms with E-state index in [-0.39, 0.29) is 18.9 Å². The van der Waals surface area contributed by atoms with Gasteiger partial charge in [0.05, 0.1) is 16.3 Å². The fraction of sp³-hybridized carbons (Fsp3) is 0.278. The highest BCUT2D eigenvalue weighted by atomic mass is 32.2. The SMILES string of the molecule is O=C1CCN(S(=O)(=O)c2ccc3c(c2)CCC3)c2ccccc2N1. The Morgan fingerprint density at radius 2 is 1.75 bits per heavy atom. The second-order valence-corrected chi connectivity index (χ2v) is 8.04. The van der Waals surface area contributed by atoms with Gasteiger partial charge in [-0.3, -0.25) is 9.10 Å². The summed E-state index contributed by atoms with van der Waals surface area (Å²) < 4.78 is 27.7. The first-order valence-corrected chi connectivity index (χ1v) is 9.53. The summed E-state index contributed by atoms with van der Waals surface area (Å²) in [5.41, 5.74) is 3.41.